The molecule has 0 N–H and O–H groups in total. The van der Waals surface area contributed by atoms with Crippen molar-refractivity contribution in [2.24, 2.45) is 10.8 Å². The Hall–Kier alpha value is -0.980. The van der Waals surface area contributed by atoms with Crippen molar-refractivity contribution in [2.45, 2.75) is 73.8 Å². The zero-order valence-corrected chi connectivity index (χ0v) is 18.4. The van der Waals surface area contributed by atoms with E-state index >= 15 is 0 Å². The van der Waals surface area contributed by atoms with E-state index in [1.54, 1.807) is 0 Å². The highest BCUT2D eigenvalue weighted by molar-refractivity contribution is 4.95. The number of nitrogens with zero attached hydrogens (tertiary/aromatic N) is 3. The van der Waals surface area contributed by atoms with E-state index in [2.05, 4.69) is 51.9 Å². The van der Waals surface area contributed by atoms with Crippen LogP contribution in [0.4, 0.5) is 0 Å². The van der Waals surface area contributed by atoms with Gasteiger partial charge in [0.05, 0.1) is 45.3 Å². The second kappa shape index (κ2) is 12.5. The number of rotatable bonds is 15. The second-order valence-corrected chi connectivity index (χ2v) is 9.21. The van der Waals surface area contributed by atoms with Crippen LogP contribution in [0.1, 0.15) is 66.5 Å². The Morgan fingerprint density at radius 1 is 0.852 bits per heavy atom. The highest BCUT2D eigenvalue weighted by Gasteiger charge is 2.16. The van der Waals surface area contributed by atoms with Crippen molar-refractivity contribution in [2.75, 3.05) is 39.6 Å². The monoisotopic (exact) mass is 383 g/mol. The molecule has 0 bridgehead atoms. The lowest BCUT2D eigenvalue weighted by molar-refractivity contribution is 0.00783. The van der Waals surface area contributed by atoms with Crippen LogP contribution >= 0.6 is 0 Å². The predicted molar refractivity (Wildman–Crippen MR) is 109 cm³/mol. The number of hydrogen-bond donors (Lipinski definition) is 0. The van der Waals surface area contributed by atoms with Crippen molar-refractivity contribution < 1.29 is 14.2 Å². The van der Waals surface area contributed by atoms with Gasteiger partial charge in [-0.05, 0) is 30.1 Å². The molecular formula is C21H41N3O3. The van der Waals surface area contributed by atoms with Gasteiger partial charge in [0.25, 0.3) is 0 Å². The topological polar surface area (TPSA) is 58.4 Å². The Kier molecular flexibility index (Phi) is 11.1. The molecule has 158 valence electrons. The lowest BCUT2D eigenvalue weighted by atomic mass is 9.85. The Balaban J connectivity index is 1.93. The van der Waals surface area contributed by atoms with Crippen LogP contribution in [-0.2, 0) is 27.2 Å². The van der Waals surface area contributed by atoms with Crippen LogP contribution in [0.5, 0.6) is 0 Å². The maximum Gasteiger partial charge on any atom is 0.0832 e. The smallest absolute Gasteiger partial charge is 0.0832 e. The van der Waals surface area contributed by atoms with Crippen molar-refractivity contribution in [1.82, 2.24) is 15.0 Å². The van der Waals surface area contributed by atoms with E-state index in [4.69, 9.17) is 14.2 Å². The Labute approximate surface area is 166 Å². The normalized spacial score (nSPS) is 12.7. The summed E-state index contributed by atoms with van der Waals surface area (Å²) >= 11 is 0. The molecule has 6 heteroatoms. The van der Waals surface area contributed by atoms with E-state index in [1.807, 2.05) is 10.9 Å². The Bertz CT molecular complexity index is 495. The summed E-state index contributed by atoms with van der Waals surface area (Å²) in [6, 6.07) is 0. The van der Waals surface area contributed by atoms with E-state index in [0.29, 0.717) is 45.0 Å². The first-order valence-corrected chi connectivity index (χ1v) is 10.3. The molecule has 27 heavy (non-hydrogen) atoms. The highest BCUT2D eigenvalue weighted by atomic mass is 16.5. The summed E-state index contributed by atoms with van der Waals surface area (Å²) in [5, 5.41) is 8.35. The van der Waals surface area contributed by atoms with Gasteiger partial charge in [-0.25, -0.2) is 4.68 Å². The van der Waals surface area contributed by atoms with E-state index in [1.165, 1.54) is 12.8 Å². The van der Waals surface area contributed by atoms with Gasteiger partial charge in [-0.3, -0.25) is 0 Å². The van der Waals surface area contributed by atoms with Gasteiger partial charge in [0.1, 0.15) is 0 Å². The second-order valence-electron chi connectivity index (χ2n) is 9.21. The first-order valence-electron chi connectivity index (χ1n) is 10.3. The molecule has 0 saturated carbocycles. The Morgan fingerprint density at radius 3 is 2.04 bits per heavy atom. The first kappa shape index (κ1) is 24.1. The maximum atomic E-state index is 5.65. The molecule has 1 aromatic rings. The number of aromatic nitrogens is 3. The van der Waals surface area contributed by atoms with E-state index < -0.39 is 0 Å². The highest BCUT2D eigenvalue weighted by Crippen LogP contribution is 2.26. The standard InChI is InChI=1S/C21H41N3O3/c1-7-8-21(5,6)9-11-25-13-15-27-16-14-26-12-10-24-18-19(22-23-24)17-20(2,3)4/h18H,7-17H2,1-6H3. The molecule has 0 aromatic carbocycles. The third-order valence-corrected chi connectivity index (χ3v) is 4.36. The molecule has 0 radical (unpaired) electrons. The molecule has 1 rings (SSSR count). The number of ether oxygens (including phenoxy) is 3. The molecule has 0 aliphatic rings. The van der Waals surface area contributed by atoms with Crippen molar-refractivity contribution in [3.8, 4) is 0 Å². The van der Waals surface area contributed by atoms with Gasteiger partial charge in [0.15, 0.2) is 0 Å². The molecular weight excluding hydrogens is 342 g/mol. The van der Waals surface area contributed by atoms with E-state index in [0.717, 1.165) is 25.1 Å². The van der Waals surface area contributed by atoms with Crippen LogP contribution < -0.4 is 0 Å². The van der Waals surface area contributed by atoms with Gasteiger partial charge in [-0.2, -0.15) is 0 Å². The largest absolute Gasteiger partial charge is 0.379 e. The third-order valence-electron chi connectivity index (χ3n) is 4.36. The van der Waals surface area contributed by atoms with Crippen LogP contribution in [-0.4, -0.2) is 54.6 Å². The summed E-state index contributed by atoms with van der Waals surface area (Å²) < 4.78 is 18.6. The van der Waals surface area contributed by atoms with Gasteiger partial charge in [0.2, 0.25) is 0 Å². The molecule has 0 fully saturated rings. The minimum Gasteiger partial charge on any atom is -0.379 e. The van der Waals surface area contributed by atoms with E-state index in [-0.39, 0.29) is 5.41 Å². The third kappa shape index (κ3) is 12.9. The predicted octanol–water partition coefficient (Wildman–Crippen LogP) is 4.13. The summed E-state index contributed by atoms with van der Waals surface area (Å²) in [4.78, 5) is 0. The van der Waals surface area contributed by atoms with Gasteiger partial charge in [-0.15, -0.1) is 5.10 Å². The minimum absolute atomic E-state index is 0.226. The van der Waals surface area contributed by atoms with Crippen LogP contribution in [0.2, 0.25) is 0 Å². The summed E-state index contributed by atoms with van der Waals surface area (Å²) in [6.45, 7) is 18.0. The average Bonchev–Trinajstić information content (AvgIpc) is 2.97. The molecule has 6 nitrogen and oxygen atoms in total. The lowest BCUT2D eigenvalue weighted by Crippen LogP contribution is -2.16. The zero-order valence-electron chi connectivity index (χ0n) is 18.4. The van der Waals surface area contributed by atoms with Crippen LogP contribution in [0, 0.1) is 10.8 Å². The lowest BCUT2D eigenvalue weighted by Gasteiger charge is -2.23. The molecule has 1 aromatic heterocycles. The van der Waals surface area contributed by atoms with Crippen molar-refractivity contribution in [3.63, 3.8) is 0 Å². The first-order chi connectivity index (χ1) is 12.7. The van der Waals surface area contributed by atoms with Crippen LogP contribution in [0.25, 0.3) is 0 Å². The molecule has 0 saturated heterocycles. The van der Waals surface area contributed by atoms with Crippen LogP contribution in [0.15, 0.2) is 6.20 Å². The average molecular weight is 384 g/mol. The zero-order chi connectivity index (χ0) is 20.2. The molecule has 1 heterocycles. The van der Waals surface area contributed by atoms with Crippen molar-refractivity contribution >= 4 is 0 Å². The summed E-state index contributed by atoms with van der Waals surface area (Å²) in [5.41, 5.74) is 1.63. The molecule has 0 amide bonds. The molecule has 0 spiro atoms. The molecule has 0 unspecified atom stereocenters. The summed E-state index contributed by atoms with van der Waals surface area (Å²) in [6.07, 6.45) is 6.51. The SMILES string of the molecule is CCCC(C)(C)CCOCCOCCOCCn1cc(CC(C)(C)C)nn1. The Morgan fingerprint density at radius 2 is 1.44 bits per heavy atom. The summed E-state index contributed by atoms with van der Waals surface area (Å²) in [7, 11) is 0. The minimum atomic E-state index is 0.226. The quantitative estimate of drug-likeness (QED) is 0.426. The van der Waals surface area contributed by atoms with Crippen LogP contribution in [0.3, 0.4) is 0 Å². The molecule has 0 aliphatic carbocycles. The van der Waals surface area contributed by atoms with Gasteiger partial charge < -0.3 is 14.2 Å². The summed E-state index contributed by atoms with van der Waals surface area (Å²) in [5.74, 6) is 0. The molecule has 0 atom stereocenters. The number of hydrogen-bond acceptors (Lipinski definition) is 5. The van der Waals surface area contributed by atoms with Gasteiger partial charge >= 0.3 is 0 Å². The maximum absolute atomic E-state index is 5.65. The van der Waals surface area contributed by atoms with E-state index in [9.17, 15) is 0 Å². The fraction of sp³-hybridized carbons (Fsp3) is 0.905. The van der Waals surface area contributed by atoms with Crippen molar-refractivity contribution in [3.05, 3.63) is 11.9 Å². The van der Waals surface area contributed by atoms with Gasteiger partial charge in [-0.1, -0.05) is 53.2 Å². The fourth-order valence-corrected chi connectivity index (χ4v) is 2.92. The van der Waals surface area contributed by atoms with Gasteiger partial charge in [0, 0.05) is 12.8 Å². The fourth-order valence-electron chi connectivity index (χ4n) is 2.92. The molecule has 0 aliphatic heterocycles. The van der Waals surface area contributed by atoms with Crippen molar-refractivity contribution in [1.29, 1.82) is 0 Å².